The van der Waals surface area contributed by atoms with Crippen LogP contribution in [-0.2, 0) is 0 Å². The van der Waals surface area contributed by atoms with Crippen LogP contribution in [0.2, 0.25) is 5.02 Å². The summed E-state index contributed by atoms with van der Waals surface area (Å²) in [6.07, 6.45) is 3.59. The zero-order valence-electron chi connectivity index (χ0n) is 15.1. The van der Waals surface area contributed by atoms with E-state index in [1.807, 2.05) is 24.4 Å². The maximum Gasteiger partial charge on any atom is 0.0931 e. The van der Waals surface area contributed by atoms with E-state index in [0.717, 1.165) is 27.3 Å². The van der Waals surface area contributed by atoms with Gasteiger partial charge in [-0.05, 0) is 60.1 Å². The first-order valence-electron chi connectivity index (χ1n) is 8.82. The summed E-state index contributed by atoms with van der Waals surface area (Å²) >= 11 is 6.13. The van der Waals surface area contributed by atoms with Crippen molar-refractivity contribution >= 4 is 28.3 Å². The van der Waals surface area contributed by atoms with Crippen molar-refractivity contribution in [1.29, 1.82) is 0 Å². The number of rotatable bonds is 5. The molecule has 0 amide bonds. The fraction of sp³-hybridized carbons (Fsp3) is 0.0870. The molecule has 0 spiro atoms. The van der Waals surface area contributed by atoms with Gasteiger partial charge >= 0.3 is 0 Å². The van der Waals surface area contributed by atoms with E-state index in [0.29, 0.717) is 0 Å². The van der Waals surface area contributed by atoms with Gasteiger partial charge in [-0.3, -0.25) is 0 Å². The topological polar surface area (TPSA) is 31.9 Å². The molecule has 0 saturated carbocycles. The van der Waals surface area contributed by atoms with Gasteiger partial charge in [0.05, 0.1) is 23.4 Å². The minimum atomic E-state index is -0.0163. The fourth-order valence-electron chi connectivity index (χ4n) is 3.47. The Bertz CT molecular complexity index is 1080. The molecule has 1 heterocycles. The molecule has 3 aromatic carbocycles. The van der Waals surface area contributed by atoms with Crippen LogP contribution < -0.4 is 4.90 Å². The summed E-state index contributed by atoms with van der Waals surface area (Å²) in [7, 11) is 0. The van der Waals surface area contributed by atoms with Crippen molar-refractivity contribution in [2.24, 2.45) is 0 Å². The maximum atomic E-state index is 6.13. The molecular formula is C23H20ClN3. The molecule has 3 nitrogen and oxygen atoms in total. The average molecular weight is 374 g/mol. The molecular weight excluding hydrogens is 354 g/mol. The predicted octanol–water partition coefficient (Wildman–Crippen LogP) is 6.26. The SMILES string of the molecule is C=CN(c1ccc2[nH]cnc2c1)[C@@H](c1ccc(Cl)cc1)c1ccccc1C. The van der Waals surface area contributed by atoms with E-state index in [4.69, 9.17) is 11.6 Å². The Kier molecular flexibility index (Phi) is 4.69. The minimum Gasteiger partial charge on any atom is -0.345 e. The van der Waals surface area contributed by atoms with Crippen molar-refractivity contribution in [2.75, 3.05) is 4.90 Å². The Hall–Kier alpha value is -3.04. The highest BCUT2D eigenvalue weighted by Gasteiger charge is 2.23. The normalized spacial score (nSPS) is 12.1. The quantitative estimate of drug-likeness (QED) is 0.447. The van der Waals surface area contributed by atoms with Crippen molar-refractivity contribution < 1.29 is 0 Å². The van der Waals surface area contributed by atoms with Gasteiger partial charge in [-0.2, -0.15) is 0 Å². The lowest BCUT2D eigenvalue weighted by Crippen LogP contribution is -2.24. The minimum absolute atomic E-state index is 0.0163. The number of aryl methyl sites for hydroxylation is 1. The van der Waals surface area contributed by atoms with Crippen LogP contribution in [0.3, 0.4) is 0 Å². The molecule has 0 aliphatic carbocycles. The molecule has 4 rings (SSSR count). The highest BCUT2D eigenvalue weighted by molar-refractivity contribution is 6.30. The van der Waals surface area contributed by atoms with Gasteiger partial charge in [-0.1, -0.05) is 54.6 Å². The summed E-state index contributed by atoms with van der Waals surface area (Å²) in [5, 5.41) is 0.727. The number of hydrogen-bond donors (Lipinski definition) is 1. The van der Waals surface area contributed by atoms with Gasteiger partial charge in [0.25, 0.3) is 0 Å². The van der Waals surface area contributed by atoms with Gasteiger partial charge < -0.3 is 9.88 Å². The molecule has 1 N–H and O–H groups in total. The van der Waals surface area contributed by atoms with E-state index < -0.39 is 0 Å². The molecule has 0 aliphatic rings. The molecule has 0 radical (unpaired) electrons. The lowest BCUT2D eigenvalue weighted by molar-refractivity contribution is 0.808. The Morgan fingerprint density at radius 3 is 2.59 bits per heavy atom. The van der Waals surface area contributed by atoms with Crippen LogP contribution in [0.15, 0.2) is 85.8 Å². The molecule has 0 fully saturated rings. The molecule has 4 aromatic rings. The van der Waals surface area contributed by atoms with Crippen molar-refractivity contribution in [3.8, 4) is 0 Å². The lowest BCUT2D eigenvalue weighted by Gasteiger charge is -2.32. The summed E-state index contributed by atoms with van der Waals surface area (Å²) in [6.45, 7) is 6.23. The van der Waals surface area contributed by atoms with Crippen molar-refractivity contribution in [3.63, 3.8) is 0 Å². The fourth-order valence-corrected chi connectivity index (χ4v) is 3.60. The molecule has 1 atom stereocenters. The average Bonchev–Trinajstić information content (AvgIpc) is 3.15. The lowest BCUT2D eigenvalue weighted by atomic mass is 9.93. The Morgan fingerprint density at radius 1 is 1.07 bits per heavy atom. The first kappa shape index (κ1) is 17.4. The molecule has 27 heavy (non-hydrogen) atoms. The van der Waals surface area contributed by atoms with Gasteiger partial charge in [0.1, 0.15) is 0 Å². The monoisotopic (exact) mass is 373 g/mol. The van der Waals surface area contributed by atoms with Crippen molar-refractivity contribution in [2.45, 2.75) is 13.0 Å². The van der Waals surface area contributed by atoms with Crippen molar-refractivity contribution in [1.82, 2.24) is 9.97 Å². The number of aromatic amines is 1. The summed E-state index contributed by atoms with van der Waals surface area (Å²) in [6, 6.07) is 22.6. The number of nitrogens with zero attached hydrogens (tertiary/aromatic N) is 2. The predicted molar refractivity (Wildman–Crippen MR) is 113 cm³/mol. The smallest absolute Gasteiger partial charge is 0.0931 e. The summed E-state index contributed by atoms with van der Waals surface area (Å²) in [4.78, 5) is 9.72. The van der Waals surface area contributed by atoms with Crippen LogP contribution in [0.5, 0.6) is 0 Å². The number of hydrogen-bond acceptors (Lipinski definition) is 2. The second kappa shape index (κ2) is 7.29. The van der Waals surface area contributed by atoms with Crippen LogP contribution in [-0.4, -0.2) is 9.97 Å². The second-order valence-electron chi connectivity index (χ2n) is 6.50. The summed E-state index contributed by atoms with van der Waals surface area (Å²) in [5.74, 6) is 0. The molecule has 134 valence electrons. The number of anilines is 1. The van der Waals surface area contributed by atoms with Gasteiger partial charge in [0.2, 0.25) is 0 Å². The Morgan fingerprint density at radius 2 is 1.85 bits per heavy atom. The number of nitrogens with one attached hydrogen (secondary N) is 1. The molecule has 4 heteroatoms. The zero-order valence-corrected chi connectivity index (χ0v) is 15.8. The van der Waals surface area contributed by atoms with Gasteiger partial charge in [0.15, 0.2) is 0 Å². The van der Waals surface area contributed by atoms with Crippen LogP contribution >= 0.6 is 11.6 Å². The number of fused-ring (bicyclic) bond motifs is 1. The van der Waals surface area contributed by atoms with Crippen molar-refractivity contribution in [3.05, 3.63) is 108 Å². The van der Waals surface area contributed by atoms with Gasteiger partial charge in [0, 0.05) is 10.7 Å². The molecule has 0 saturated heterocycles. The molecule has 0 bridgehead atoms. The summed E-state index contributed by atoms with van der Waals surface area (Å²) in [5.41, 5.74) is 6.58. The largest absolute Gasteiger partial charge is 0.345 e. The third-order valence-electron chi connectivity index (χ3n) is 4.85. The Balaban J connectivity index is 1.88. The van der Waals surface area contributed by atoms with Crippen LogP contribution in [0, 0.1) is 6.92 Å². The highest BCUT2D eigenvalue weighted by Crippen LogP contribution is 2.36. The zero-order chi connectivity index (χ0) is 18.8. The number of aromatic nitrogens is 2. The second-order valence-corrected chi connectivity index (χ2v) is 6.94. The first-order valence-corrected chi connectivity index (χ1v) is 9.20. The third-order valence-corrected chi connectivity index (χ3v) is 5.10. The Labute approximate surface area is 163 Å². The number of H-pyrrole nitrogens is 1. The van der Waals surface area contributed by atoms with E-state index >= 15 is 0 Å². The van der Waals surface area contributed by atoms with E-state index in [1.165, 1.54) is 11.1 Å². The van der Waals surface area contributed by atoms with Crippen LogP contribution in [0.4, 0.5) is 5.69 Å². The third kappa shape index (κ3) is 3.34. The molecule has 1 aromatic heterocycles. The molecule has 0 unspecified atom stereocenters. The van der Waals surface area contributed by atoms with Gasteiger partial charge in [-0.15, -0.1) is 0 Å². The van der Waals surface area contributed by atoms with E-state index in [-0.39, 0.29) is 6.04 Å². The van der Waals surface area contributed by atoms with Gasteiger partial charge in [-0.25, -0.2) is 4.98 Å². The highest BCUT2D eigenvalue weighted by atomic mass is 35.5. The van der Waals surface area contributed by atoms with E-state index in [1.54, 1.807) is 6.33 Å². The van der Waals surface area contributed by atoms with Crippen LogP contribution in [0.1, 0.15) is 22.7 Å². The first-order chi connectivity index (χ1) is 13.2. The van der Waals surface area contributed by atoms with Crippen LogP contribution in [0.25, 0.3) is 11.0 Å². The van der Waals surface area contributed by atoms with E-state index in [2.05, 4.69) is 76.9 Å². The number of halogens is 1. The van der Waals surface area contributed by atoms with E-state index in [9.17, 15) is 0 Å². The summed E-state index contributed by atoms with van der Waals surface area (Å²) < 4.78 is 0. The maximum absolute atomic E-state index is 6.13. The molecule has 0 aliphatic heterocycles. The standard InChI is InChI=1S/C23H20ClN3/c1-3-27(19-12-13-21-22(14-19)26-15-25-21)23(17-8-10-18(24)11-9-17)20-7-5-4-6-16(20)2/h3-15,23H,1H2,2H3,(H,25,26)/t23-/m0/s1. The number of benzene rings is 3. The number of imidazole rings is 1.